The van der Waals surface area contributed by atoms with E-state index in [0.29, 0.717) is 25.7 Å². The number of nitrogens with zero attached hydrogens (tertiary/aromatic N) is 1. The Bertz CT molecular complexity index is 282. The molecule has 0 aromatic rings. The lowest BCUT2D eigenvalue weighted by atomic mass is 10.2. The van der Waals surface area contributed by atoms with Gasteiger partial charge in [0.25, 0.3) is 10.2 Å². The zero-order valence-corrected chi connectivity index (χ0v) is 11.0. The summed E-state index contributed by atoms with van der Waals surface area (Å²) in [7, 11) is -3.26. The van der Waals surface area contributed by atoms with Crippen molar-refractivity contribution in [2.45, 2.75) is 39.2 Å². The van der Waals surface area contributed by atoms with Gasteiger partial charge in [-0.15, -0.1) is 0 Å². The van der Waals surface area contributed by atoms with E-state index in [-0.39, 0.29) is 0 Å². The van der Waals surface area contributed by atoms with E-state index in [0.717, 1.165) is 19.4 Å². The maximum atomic E-state index is 11.8. The highest BCUT2D eigenvalue weighted by atomic mass is 32.2. The molecule has 2 N–H and O–H groups in total. The molecule has 0 bridgehead atoms. The maximum absolute atomic E-state index is 11.8. The van der Waals surface area contributed by atoms with Crippen LogP contribution in [-0.2, 0) is 10.2 Å². The van der Waals surface area contributed by atoms with Crippen LogP contribution in [0.25, 0.3) is 0 Å². The number of rotatable bonds is 7. The number of hydrogen-bond acceptors (Lipinski definition) is 3. The molecule has 0 spiro atoms. The first kappa shape index (κ1) is 13.9. The molecule has 0 aromatic heterocycles. The van der Waals surface area contributed by atoms with Gasteiger partial charge in [0, 0.05) is 25.7 Å². The van der Waals surface area contributed by atoms with Crippen molar-refractivity contribution >= 4 is 10.2 Å². The Labute approximate surface area is 98.8 Å². The minimum atomic E-state index is -3.26. The third kappa shape index (κ3) is 4.01. The summed E-state index contributed by atoms with van der Waals surface area (Å²) < 4.78 is 27.6. The van der Waals surface area contributed by atoms with Gasteiger partial charge >= 0.3 is 0 Å². The molecule has 1 atom stereocenters. The first-order valence-electron chi connectivity index (χ1n) is 6.08. The van der Waals surface area contributed by atoms with Crippen molar-refractivity contribution in [1.82, 2.24) is 14.3 Å². The van der Waals surface area contributed by atoms with Gasteiger partial charge in [-0.2, -0.15) is 12.7 Å². The lowest BCUT2D eigenvalue weighted by Crippen LogP contribution is -2.41. The number of nitrogens with one attached hydrogen (secondary N) is 2. The molecule has 0 saturated carbocycles. The van der Waals surface area contributed by atoms with Crippen LogP contribution in [0.1, 0.15) is 33.1 Å². The summed E-state index contributed by atoms with van der Waals surface area (Å²) in [6.45, 7) is 6.33. The Morgan fingerprint density at radius 2 is 2.06 bits per heavy atom. The van der Waals surface area contributed by atoms with Crippen molar-refractivity contribution in [1.29, 1.82) is 0 Å². The second-order valence-corrected chi connectivity index (χ2v) is 5.82. The van der Waals surface area contributed by atoms with Gasteiger partial charge in [-0.05, 0) is 25.8 Å². The van der Waals surface area contributed by atoms with Crippen LogP contribution in [0.2, 0.25) is 0 Å². The molecule has 0 aromatic carbocycles. The van der Waals surface area contributed by atoms with Crippen molar-refractivity contribution in [2.24, 2.45) is 0 Å². The van der Waals surface area contributed by atoms with E-state index in [4.69, 9.17) is 0 Å². The van der Waals surface area contributed by atoms with Crippen molar-refractivity contribution < 1.29 is 8.42 Å². The topological polar surface area (TPSA) is 61.4 Å². The minimum absolute atomic E-state index is 0.486. The van der Waals surface area contributed by atoms with Crippen LogP contribution in [0.15, 0.2) is 0 Å². The van der Waals surface area contributed by atoms with Gasteiger partial charge < -0.3 is 5.32 Å². The normalized spacial score (nSPS) is 21.8. The van der Waals surface area contributed by atoms with Crippen LogP contribution < -0.4 is 10.0 Å². The highest BCUT2D eigenvalue weighted by Gasteiger charge is 2.19. The van der Waals surface area contributed by atoms with E-state index in [1.54, 1.807) is 0 Å². The van der Waals surface area contributed by atoms with E-state index in [9.17, 15) is 8.42 Å². The third-order valence-electron chi connectivity index (χ3n) is 2.98. The Morgan fingerprint density at radius 3 is 2.56 bits per heavy atom. The highest BCUT2D eigenvalue weighted by Crippen LogP contribution is 2.08. The first-order valence-corrected chi connectivity index (χ1v) is 7.52. The molecule has 1 unspecified atom stereocenters. The van der Waals surface area contributed by atoms with Gasteiger partial charge in [-0.3, -0.25) is 0 Å². The zero-order chi connectivity index (χ0) is 12.0. The van der Waals surface area contributed by atoms with E-state index < -0.39 is 10.2 Å². The summed E-state index contributed by atoms with van der Waals surface area (Å²) >= 11 is 0. The van der Waals surface area contributed by atoms with E-state index in [2.05, 4.69) is 10.0 Å². The third-order valence-corrected chi connectivity index (χ3v) is 4.75. The lowest BCUT2D eigenvalue weighted by Gasteiger charge is -2.19. The SMILES string of the molecule is CCN(CC)S(=O)(=O)NCCC1CCCN1. The van der Waals surface area contributed by atoms with Crippen LogP contribution >= 0.6 is 0 Å². The molecule has 1 rings (SSSR count). The van der Waals surface area contributed by atoms with Gasteiger partial charge in [-0.1, -0.05) is 13.8 Å². The molecule has 0 aliphatic carbocycles. The first-order chi connectivity index (χ1) is 7.60. The predicted octanol–water partition coefficient (Wildman–Crippen LogP) is 0.305. The molecule has 16 heavy (non-hydrogen) atoms. The van der Waals surface area contributed by atoms with Crippen molar-refractivity contribution in [3.05, 3.63) is 0 Å². The summed E-state index contributed by atoms with van der Waals surface area (Å²) in [6, 6.07) is 0.486. The van der Waals surface area contributed by atoms with E-state index >= 15 is 0 Å². The summed E-state index contributed by atoms with van der Waals surface area (Å²) in [5.41, 5.74) is 0. The summed E-state index contributed by atoms with van der Waals surface area (Å²) in [4.78, 5) is 0. The summed E-state index contributed by atoms with van der Waals surface area (Å²) in [6.07, 6.45) is 3.24. The molecule has 1 fully saturated rings. The minimum Gasteiger partial charge on any atom is -0.314 e. The Morgan fingerprint density at radius 1 is 1.38 bits per heavy atom. The fourth-order valence-electron chi connectivity index (χ4n) is 2.02. The largest absolute Gasteiger partial charge is 0.314 e. The average Bonchev–Trinajstić information content (AvgIpc) is 2.71. The average molecular weight is 249 g/mol. The molecule has 1 aliphatic rings. The second-order valence-electron chi connectivity index (χ2n) is 4.07. The molecule has 0 amide bonds. The monoisotopic (exact) mass is 249 g/mol. The van der Waals surface area contributed by atoms with Crippen molar-refractivity contribution in [3.8, 4) is 0 Å². The quantitative estimate of drug-likeness (QED) is 0.682. The van der Waals surface area contributed by atoms with Gasteiger partial charge in [0.05, 0.1) is 0 Å². The van der Waals surface area contributed by atoms with Crippen LogP contribution in [-0.4, -0.2) is 44.9 Å². The Balaban J connectivity index is 2.29. The molecular formula is C10H23N3O2S. The lowest BCUT2D eigenvalue weighted by molar-refractivity contribution is 0.431. The smallest absolute Gasteiger partial charge is 0.279 e. The molecule has 6 heteroatoms. The Kier molecular flexibility index (Phi) is 5.68. The van der Waals surface area contributed by atoms with Crippen LogP contribution in [0, 0.1) is 0 Å². The van der Waals surface area contributed by atoms with E-state index in [1.807, 2.05) is 13.8 Å². The van der Waals surface area contributed by atoms with Gasteiger partial charge in [-0.25, -0.2) is 4.72 Å². The van der Waals surface area contributed by atoms with Gasteiger partial charge in [0.15, 0.2) is 0 Å². The Hall–Kier alpha value is -0.170. The van der Waals surface area contributed by atoms with Gasteiger partial charge in [0.2, 0.25) is 0 Å². The molecule has 1 heterocycles. The molecule has 0 radical (unpaired) electrons. The molecule has 5 nitrogen and oxygen atoms in total. The van der Waals surface area contributed by atoms with E-state index in [1.165, 1.54) is 10.7 Å². The second kappa shape index (κ2) is 6.54. The predicted molar refractivity (Wildman–Crippen MR) is 65.5 cm³/mol. The zero-order valence-electron chi connectivity index (χ0n) is 10.2. The van der Waals surface area contributed by atoms with Crippen LogP contribution in [0.5, 0.6) is 0 Å². The van der Waals surface area contributed by atoms with Crippen LogP contribution in [0.3, 0.4) is 0 Å². The van der Waals surface area contributed by atoms with Crippen LogP contribution in [0.4, 0.5) is 0 Å². The van der Waals surface area contributed by atoms with Crippen molar-refractivity contribution in [2.75, 3.05) is 26.2 Å². The fourth-order valence-corrected chi connectivity index (χ4v) is 3.26. The maximum Gasteiger partial charge on any atom is 0.279 e. The standard InChI is InChI=1S/C10H23N3O2S/c1-3-13(4-2)16(14,15)12-9-7-10-6-5-8-11-10/h10-12H,3-9H2,1-2H3. The molecule has 96 valence electrons. The molecule has 1 saturated heterocycles. The fraction of sp³-hybridized carbons (Fsp3) is 1.00. The van der Waals surface area contributed by atoms with Crippen molar-refractivity contribution in [3.63, 3.8) is 0 Å². The summed E-state index contributed by atoms with van der Waals surface area (Å²) in [5.74, 6) is 0. The summed E-state index contributed by atoms with van der Waals surface area (Å²) in [5, 5.41) is 3.35. The van der Waals surface area contributed by atoms with Gasteiger partial charge in [0.1, 0.15) is 0 Å². The molecule has 1 aliphatic heterocycles. The molecular weight excluding hydrogens is 226 g/mol. The highest BCUT2D eigenvalue weighted by molar-refractivity contribution is 7.87. The number of hydrogen-bond donors (Lipinski definition) is 2.